The lowest BCUT2D eigenvalue weighted by atomic mass is 10.2. The van der Waals surface area contributed by atoms with Gasteiger partial charge in [-0.05, 0) is 42.5 Å². The molecule has 7 nitrogen and oxygen atoms in total. The Kier molecular flexibility index (Phi) is 4.92. The predicted octanol–water partition coefficient (Wildman–Crippen LogP) is 2.85. The van der Waals surface area contributed by atoms with Gasteiger partial charge in [0.05, 0.1) is 7.11 Å². The van der Waals surface area contributed by atoms with Gasteiger partial charge in [-0.1, -0.05) is 6.07 Å². The number of carbonyl (C=O) groups is 1. The van der Waals surface area contributed by atoms with Gasteiger partial charge >= 0.3 is 11.8 Å². The van der Waals surface area contributed by atoms with E-state index in [2.05, 4.69) is 15.1 Å². The second-order valence-corrected chi connectivity index (χ2v) is 6.40. The minimum atomic E-state index is -0.291. The lowest BCUT2D eigenvalue weighted by Crippen LogP contribution is -2.48. The molecule has 1 aromatic heterocycles. The first kappa shape index (κ1) is 18.0. The number of nitrogens with zero attached hydrogens (tertiary/aromatic N) is 4. The monoisotopic (exact) mass is 382 g/mol. The van der Waals surface area contributed by atoms with Crippen LogP contribution in [0, 0.1) is 5.82 Å². The van der Waals surface area contributed by atoms with Gasteiger partial charge in [0, 0.05) is 37.4 Å². The third kappa shape index (κ3) is 3.66. The van der Waals surface area contributed by atoms with Gasteiger partial charge in [0.1, 0.15) is 11.6 Å². The number of halogens is 1. The van der Waals surface area contributed by atoms with Crippen LogP contribution in [0.1, 0.15) is 10.7 Å². The highest BCUT2D eigenvalue weighted by Gasteiger charge is 2.26. The highest BCUT2D eigenvalue weighted by Crippen LogP contribution is 2.23. The third-order valence-electron chi connectivity index (χ3n) is 4.68. The highest BCUT2D eigenvalue weighted by molar-refractivity contribution is 5.90. The standard InChI is InChI=1S/C20H19FN4O3/c1-27-17-4-2-3-14(13-17)18-22-23-19(28-18)20(26)25-11-9-24(10-12-25)16-7-5-15(21)6-8-16/h2-8,13H,9-12H2,1H3. The number of carbonyl (C=O) groups excluding carboxylic acids is 1. The number of aromatic nitrogens is 2. The molecule has 1 saturated heterocycles. The Hall–Kier alpha value is -3.42. The van der Waals surface area contributed by atoms with Gasteiger partial charge in [-0.15, -0.1) is 10.2 Å². The summed E-state index contributed by atoms with van der Waals surface area (Å²) in [5, 5.41) is 7.89. The quantitative estimate of drug-likeness (QED) is 0.691. The van der Waals surface area contributed by atoms with Crippen LogP contribution in [0.15, 0.2) is 52.9 Å². The second-order valence-electron chi connectivity index (χ2n) is 6.40. The molecule has 0 unspecified atom stereocenters. The molecule has 0 radical (unpaired) electrons. The molecule has 0 N–H and O–H groups in total. The van der Waals surface area contributed by atoms with Crippen LogP contribution in [0.5, 0.6) is 5.75 Å². The average molecular weight is 382 g/mol. The predicted molar refractivity (Wildman–Crippen MR) is 101 cm³/mol. The molecule has 0 spiro atoms. The maximum Gasteiger partial charge on any atom is 0.311 e. The molecule has 8 heteroatoms. The number of hydrogen-bond acceptors (Lipinski definition) is 6. The summed E-state index contributed by atoms with van der Waals surface area (Å²) in [6, 6.07) is 13.6. The zero-order chi connectivity index (χ0) is 19.5. The second kappa shape index (κ2) is 7.67. The first-order chi connectivity index (χ1) is 13.6. The molecule has 1 aliphatic rings. The summed E-state index contributed by atoms with van der Waals surface area (Å²) < 4.78 is 23.8. The van der Waals surface area contributed by atoms with Crippen LogP contribution >= 0.6 is 0 Å². The molecule has 28 heavy (non-hydrogen) atoms. The van der Waals surface area contributed by atoms with E-state index in [1.807, 2.05) is 18.2 Å². The summed E-state index contributed by atoms with van der Waals surface area (Å²) in [6.45, 7) is 2.34. The first-order valence-corrected chi connectivity index (χ1v) is 8.92. The van der Waals surface area contributed by atoms with E-state index in [-0.39, 0.29) is 23.5 Å². The van der Waals surface area contributed by atoms with Gasteiger partial charge in [0.15, 0.2) is 0 Å². The zero-order valence-corrected chi connectivity index (χ0v) is 15.3. The van der Waals surface area contributed by atoms with Crippen molar-refractivity contribution >= 4 is 11.6 Å². The van der Waals surface area contributed by atoms with Crippen molar-refractivity contribution in [2.75, 3.05) is 38.2 Å². The molecular weight excluding hydrogens is 363 g/mol. The maximum absolute atomic E-state index is 13.1. The lowest BCUT2D eigenvalue weighted by Gasteiger charge is -2.35. The Morgan fingerprint density at radius 1 is 1.07 bits per heavy atom. The van der Waals surface area contributed by atoms with Crippen LogP contribution in [0.4, 0.5) is 10.1 Å². The molecule has 0 bridgehead atoms. The van der Waals surface area contributed by atoms with E-state index in [1.54, 1.807) is 30.2 Å². The molecule has 3 aromatic rings. The fourth-order valence-electron chi connectivity index (χ4n) is 3.14. The van der Waals surface area contributed by atoms with Crippen molar-refractivity contribution in [3.63, 3.8) is 0 Å². The van der Waals surface area contributed by atoms with Crippen molar-refractivity contribution < 1.29 is 18.3 Å². The lowest BCUT2D eigenvalue weighted by molar-refractivity contribution is 0.0707. The minimum Gasteiger partial charge on any atom is -0.497 e. The van der Waals surface area contributed by atoms with E-state index in [0.717, 1.165) is 5.69 Å². The summed E-state index contributed by atoms with van der Waals surface area (Å²) in [6.07, 6.45) is 0. The van der Waals surface area contributed by atoms with Crippen molar-refractivity contribution in [2.45, 2.75) is 0 Å². The van der Waals surface area contributed by atoms with Gasteiger partial charge in [0.25, 0.3) is 0 Å². The molecule has 0 saturated carbocycles. The minimum absolute atomic E-state index is 0.0342. The molecule has 2 aromatic carbocycles. The van der Waals surface area contributed by atoms with Crippen molar-refractivity contribution in [2.24, 2.45) is 0 Å². The molecule has 1 aliphatic heterocycles. The number of benzene rings is 2. The van der Waals surface area contributed by atoms with Gasteiger partial charge in [-0.2, -0.15) is 0 Å². The largest absolute Gasteiger partial charge is 0.497 e. The Morgan fingerprint density at radius 3 is 2.54 bits per heavy atom. The molecule has 4 rings (SSSR count). The number of anilines is 1. The summed E-state index contributed by atoms with van der Waals surface area (Å²) in [4.78, 5) is 16.5. The van der Waals surface area contributed by atoms with E-state index in [1.165, 1.54) is 12.1 Å². The number of rotatable bonds is 4. The van der Waals surface area contributed by atoms with Crippen LogP contribution in [0.3, 0.4) is 0 Å². The Bertz CT molecular complexity index is 966. The molecule has 0 aliphatic carbocycles. The average Bonchev–Trinajstić information content (AvgIpc) is 3.24. The topological polar surface area (TPSA) is 71.7 Å². The van der Waals surface area contributed by atoms with Crippen molar-refractivity contribution in [3.05, 3.63) is 60.2 Å². The van der Waals surface area contributed by atoms with Gasteiger partial charge in [0.2, 0.25) is 5.89 Å². The first-order valence-electron chi connectivity index (χ1n) is 8.92. The summed E-state index contributed by atoms with van der Waals surface area (Å²) in [7, 11) is 1.58. The van der Waals surface area contributed by atoms with Gasteiger partial charge in [-0.25, -0.2) is 4.39 Å². The number of hydrogen-bond donors (Lipinski definition) is 0. The highest BCUT2D eigenvalue weighted by atomic mass is 19.1. The summed E-state index contributed by atoms with van der Waals surface area (Å²) in [5.41, 5.74) is 1.62. The van der Waals surface area contributed by atoms with Crippen molar-refractivity contribution in [3.8, 4) is 17.2 Å². The van der Waals surface area contributed by atoms with Crippen LogP contribution < -0.4 is 9.64 Å². The Labute approximate surface area is 161 Å². The maximum atomic E-state index is 13.1. The van der Waals surface area contributed by atoms with Gasteiger partial charge in [-0.3, -0.25) is 4.79 Å². The normalized spacial score (nSPS) is 14.2. The molecule has 1 amide bonds. The zero-order valence-electron chi connectivity index (χ0n) is 15.3. The molecule has 2 heterocycles. The van der Waals surface area contributed by atoms with Gasteiger partial charge < -0.3 is 19.0 Å². The van der Waals surface area contributed by atoms with Crippen LogP contribution in [0.25, 0.3) is 11.5 Å². The fraction of sp³-hybridized carbons (Fsp3) is 0.250. The fourth-order valence-corrected chi connectivity index (χ4v) is 3.14. The van der Waals surface area contributed by atoms with Crippen molar-refractivity contribution in [1.82, 2.24) is 15.1 Å². The molecule has 144 valence electrons. The number of methoxy groups -OCH3 is 1. The number of amides is 1. The summed E-state index contributed by atoms with van der Waals surface area (Å²) in [5.74, 6) is 0.349. The Balaban J connectivity index is 1.41. The van der Waals surface area contributed by atoms with E-state index in [4.69, 9.17) is 9.15 Å². The Morgan fingerprint density at radius 2 is 1.82 bits per heavy atom. The van der Waals surface area contributed by atoms with E-state index in [0.29, 0.717) is 37.5 Å². The number of piperazine rings is 1. The van der Waals surface area contributed by atoms with Crippen molar-refractivity contribution in [1.29, 1.82) is 0 Å². The smallest absolute Gasteiger partial charge is 0.311 e. The van der Waals surface area contributed by atoms with Crippen LogP contribution in [-0.2, 0) is 0 Å². The summed E-state index contributed by atoms with van der Waals surface area (Å²) >= 11 is 0. The molecule has 0 atom stereocenters. The molecular formula is C20H19FN4O3. The van der Waals surface area contributed by atoms with E-state index in [9.17, 15) is 9.18 Å². The number of ether oxygens (including phenoxy) is 1. The SMILES string of the molecule is COc1cccc(-c2nnc(C(=O)N3CCN(c4ccc(F)cc4)CC3)o2)c1. The van der Waals surface area contributed by atoms with Crippen LogP contribution in [-0.4, -0.2) is 54.3 Å². The van der Waals surface area contributed by atoms with E-state index < -0.39 is 0 Å². The molecule has 1 fully saturated rings. The van der Waals surface area contributed by atoms with E-state index >= 15 is 0 Å². The van der Waals surface area contributed by atoms with Crippen LogP contribution in [0.2, 0.25) is 0 Å². The third-order valence-corrected chi connectivity index (χ3v) is 4.68.